The summed E-state index contributed by atoms with van der Waals surface area (Å²) in [6.07, 6.45) is 2.97. The molecule has 0 radical (unpaired) electrons. The molecule has 2 heterocycles. The van der Waals surface area contributed by atoms with Crippen molar-refractivity contribution in [3.63, 3.8) is 0 Å². The Morgan fingerprint density at radius 1 is 1.17 bits per heavy atom. The van der Waals surface area contributed by atoms with Crippen LogP contribution in [-0.4, -0.2) is 28.6 Å². The summed E-state index contributed by atoms with van der Waals surface area (Å²) in [6, 6.07) is 14.7. The van der Waals surface area contributed by atoms with Crippen LogP contribution in [0.15, 0.2) is 48.7 Å². The molecule has 4 nitrogen and oxygen atoms in total. The molecule has 1 N–H and O–H groups in total. The van der Waals surface area contributed by atoms with Crippen LogP contribution in [0.2, 0.25) is 0 Å². The van der Waals surface area contributed by atoms with Gasteiger partial charge < -0.3 is 14.8 Å². The number of aromatic nitrogens is 1. The Kier molecular flexibility index (Phi) is 4.70. The molecule has 2 amide bonds. The van der Waals surface area contributed by atoms with E-state index in [1.54, 1.807) is 0 Å². The van der Waals surface area contributed by atoms with Crippen LogP contribution in [0.25, 0.3) is 0 Å². The maximum Gasteiger partial charge on any atom is 0.318 e. The molecular weight excluding hydrogens is 286 g/mol. The second-order valence-electron chi connectivity index (χ2n) is 6.48. The zero-order valence-corrected chi connectivity index (χ0v) is 13.9. The molecule has 2 aromatic rings. The molecule has 0 fully saturated rings. The van der Waals surface area contributed by atoms with Gasteiger partial charge in [-0.3, -0.25) is 0 Å². The number of rotatable bonds is 4. The Morgan fingerprint density at radius 2 is 1.96 bits per heavy atom. The summed E-state index contributed by atoms with van der Waals surface area (Å²) in [5.74, 6) is 0.392. The van der Waals surface area contributed by atoms with E-state index in [0.717, 1.165) is 19.5 Å². The van der Waals surface area contributed by atoms with Gasteiger partial charge in [0.15, 0.2) is 0 Å². The Labute approximate surface area is 138 Å². The van der Waals surface area contributed by atoms with Crippen molar-refractivity contribution in [3.05, 3.63) is 59.9 Å². The largest absolute Gasteiger partial charge is 0.348 e. The summed E-state index contributed by atoms with van der Waals surface area (Å²) in [4.78, 5) is 14.6. The molecule has 4 heteroatoms. The van der Waals surface area contributed by atoms with Gasteiger partial charge in [0, 0.05) is 31.5 Å². The third-order valence-corrected chi connectivity index (χ3v) is 4.51. The number of carbonyl (C=O) groups is 1. The molecule has 23 heavy (non-hydrogen) atoms. The number of nitrogens with one attached hydrogen (secondary N) is 1. The van der Waals surface area contributed by atoms with Gasteiger partial charge in [-0.05, 0) is 30.0 Å². The zero-order chi connectivity index (χ0) is 16.2. The van der Waals surface area contributed by atoms with Crippen LogP contribution in [0.1, 0.15) is 31.1 Å². The summed E-state index contributed by atoms with van der Waals surface area (Å²) in [7, 11) is 0. The first-order chi connectivity index (χ1) is 11.2. The van der Waals surface area contributed by atoms with Crippen LogP contribution in [0.5, 0.6) is 0 Å². The second-order valence-corrected chi connectivity index (χ2v) is 6.48. The molecule has 1 aliphatic heterocycles. The number of benzene rings is 1. The Hall–Kier alpha value is -2.23. The molecule has 0 spiro atoms. The van der Waals surface area contributed by atoms with Gasteiger partial charge in [0.1, 0.15) is 0 Å². The van der Waals surface area contributed by atoms with Crippen LogP contribution in [0.4, 0.5) is 4.79 Å². The lowest BCUT2D eigenvalue weighted by Crippen LogP contribution is -2.48. The molecule has 0 saturated heterocycles. The third kappa shape index (κ3) is 3.41. The standard InChI is InChI=1S/C19H25N3O/c1-15(2)18-17-9-6-12-21(17)13-14-22(18)19(23)20-11-10-16-7-4-3-5-8-16/h3-9,12,15,18H,10-11,13-14H2,1-2H3,(H,20,23)/t18-/m0/s1. The molecule has 0 unspecified atom stereocenters. The minimum absolute atomic E-state index is 0.0482. The Bertz CT molecular complexity index is 648. The maximum atomic E-state index is 12.6. The Balaban J connectivity index is 1.62. The highest BCUT2D eigenvalue weighted by molar-refractivity contribution is 5.75. The van der Waals surface area contributed by atoms with Gasteiger partial charge in [-0.2, -0.15) is 0 Å². The summed E-state index contributed by atoms with van der Waals surface area (Å²) in [6.45, 7) is 6.67. The van der Waals surface area contributed by atoms with E-state index >= 15 is 0 Å². The minimum atomic E-state index is 0.0482. The van der Waals surface area contributed by atoms with Crippen molar-refractivity contribution < 1.29 is 4.79 Å². The van der Waals surface area contributed by atoms with Crippen molar-refractivity contribution >= 4 is 6.03 Å². The normalized spacial score (nSPS) is 17.2. The van der Waals surface area contributed by atoms with E-state index in [1.165, 1.54) is 11.3 Å². The third-order valence-electron chi connectivity index (χ3n) is 4.51. The fraction of sp³-hybridized carbons (Fsp3) is 0.421. The first-order valence-electron chi connectivity index (χ1n) is 8.40. The lowest BCUT2D eigenvalue weighted by molar-refractivity contribution is 0.133. The molecular formula is C19H25N3O. The topological polar surface area (TPSA) is 37.3 Å². The summed E-state index contributed by atoms with van der Waals surface area (Å²) >= 11 is 0. The Morgan fingerprint density at radius 3 is 2.70 bits per heavy atom. The van der Waals surface area contributed by atoms with Gasteiger partial charge >= 0.3 is 6.03 Å². The molecule has 1 aliphatic rings. The number of carbonyl (C=O) groups excluding carboxylic acids is 1. The quantitative estimate of drug-likeness (QED) is 0.922. The van der Waals surface area contributed by atoms with E-state index in [4.69, 9.17) is 0 Å². The number of urea groups is 1. The van der Waals surface area contributed by atoms with Gasteiger partial charge in [0.05, 0.1) is 6.04 Å². The fourth-order valence-corrected chi connectivity index (χ4v) is 3.40. The average Bonchev–Trinajstić information content (AvgIpc) is 3.03. The van der Waals surface area contributed by atoms with Crippen LogP contribution in [0, 0.1) is 5.92 Å². The number of hydrogen-bond donors (Lipinski definition) is 1. The van der Waals surface area contributed by atoms with E-state index in [-0.39, 0.29) is 12.1 Å². The number of fused-ring (bicyclic) bond motifs is 1. The molecule has 0 aliphatic carbocycles. The van der Waals surface area contributed by atoms with Crippen molar-refractivity contribution in [2.75, 3.05) is 13.1 Å². The molecule has 3 rings (SSSR count). The van der Waals surface area contributed by atoms with Crippen LogP contribution in [0.3, 0.4) is 0 Å². The lowest BCUT2D eigenvalue weighted by Gasteiger charge is -2.39. The number of hydrogen-bond acceptors (Lipinski definition) is 1. The smallest absolute Gasteiger partial charge is 0.318 e. The molecule has 0 saturated carbocycles. The van der Waals surface area contributed by atoms with Gasteiger partial charge in [-0.15, -0.1) is 0 Å². The molecule has 0 bridgehead atoms. The number of amides is 2. The van der Waals surface area contributed by atoms with E-state index < -0.39 is 0 Å². The maximum absolute atomic E-state index is 12.6. The highest BCUT2D eigenvalue weighted by Gasteiger charge is 2.32. The lowest BCUT2D eigenvalue weighted by atomic mass is 9.97. The van der Waals surface area contributed by atoms with Crippen molar-refractivity contribution in [1.29, 1.82) is 0 Å². The molecule has 1 aromatic carbocycles. The van der Waals surface area contributed by atoms with Gasteiger partial charge in [-0.1, -0.05) is 44.2 Å². The fourth-order valence-electron chi connectivity index (χ4n) is 3.40. The minimum Gasteiger partial charge on any atom is -0.348 e. The van der Waals surface area contributed by atoms with E-state index in [1.807, 2.05) is 23.1 Å². The molecule has 1 aromatic heterocycles. The van der Waals surface area contributed by atoms with Gasteiger partial charge in [-0.25, -0.2) is 4.79 Å². The summed E-state index contributed by atoms with van der Waals surface area (Å²) in [5.41, 5.74) is 2.49. The zero-order valence-electron chi connectivity index (χ0n) is 13.9. The molecule has 1 atom stereocenters. The van der Waals surface area contributed by atoms with Gasteiger partial charge in [0.2, 0.25) is 0 Å². The van der Waals surface area contributed by atoms with E-state index in [0.29, 0.717) is 12.5 Å². The van der Waals surface area contributed by atoms with Crippen molar-refractivity contribution in [2.24, 2.45) is 5.92 Å². The molecule has 122 valence electrons. The first kappa shape index (κ1) is 15.7. The monoisotopic (exact) mass is 311 g/mol. The van der Waals surface area contributed by atoms with Gasteiger partial charge in [0.25, 0.3) is 0 Å². The average molecular weight is 311 g/mol. The van der Waals surface area contributed by atoms with Crippen LogP contribution >= 0.6 is 0 Å². The number of nitrogens with zero attached hydrogens (tertiary/aromatic N) is 2. The SMILES string of the molecule is CC(C)[C@H]1c2cccn2CCN1C(=O)NCCc1ccccc1. The van der Waals surface area contributed by atoms with Crippen molar-refractivity contribution in [1.82, 2.24) is 14.8 Å². The predicted octanol–water partition coefficient (Wildman–Crippen LogP) is 3.45. The first-order valence-corrected chi connectivity index (χ1v) is 8.40. The second kappa shape index (κ2) is 6.90. The highest BCUT2D eigenvalue weighted by atomic mass is 16.2. The highest BCUT2D eigenvalue weighted by Crippen LogP contribution is 2.32. The van der Waals surface area contributed by atoms with E-state index in [9.17, 15) is 4.79 Å². The van der Waals surface area contributed by atoms with Crippen molar-refractivity contribution in [2.45, 2.75) is 32.9 Å². The van der Waals surface area contributed by atoms with Crippen LogP contribution in [-0.2, 0) is 13.0 Å². The van der Waals surface area contributed by atoms with Crippen LogP contribution < -0.4 is 5.32 Å². The summed E-state index contributed by atoms with van der Waals surface area (Å²) in [5, 5.41) is 3.09. The summed E-state index contributed by atoms with van der Waals surface area (Å²) < 4.78 is 2.26. The predicted molar refractivity (Wildman–Crippen MR) is 92.3 cm³/mol. The van der Waals surface area contributed by atoms with Crippen molar-refractivity contribution in [3.8, 4) is 0 Å². The van der Waals surface area contributed by atoms with E-state index in [2.05, 4.69) is 54.2 Å².